The lowest BCUT2D eigenvalue weighted by Crippen LogP contribution is -2.35. The third kappa shape index (κ3) is 4.74. The summed E-state index contributed by atoms with van der Waals surface area (Å²) in [4.78, 5) is 12.8. The van der Waals surface area contributed by atoms with Crippen molar-refractivity contribution >= 4 is 40.4 Å². The average molecular weight is 465 g/mol. The monoisotopic (exact) mass is 464 g/mol. The second-order valence-corrected chi connectivity index (χ2v) is 7.52. The van der Waals surface area contributed by atoms with E-state index in [4.69, 9.17) is 23.8 Å². The van der Waals surface area contributed by atoms with Crippen LogP contribution in [-0.2, 0) is 10.7 Å². The molecule has 1 amide bonds. The summed E-state index contributed by atoms with van der Waals surface area (Å²) in [5, 5.41) is 7.14. The number of alkyl halides is 6. The zero-order chi connectivity index (χ0) is 22.9. The van der Waals surface area contributed by atoms with Gasteiger partial charge in [-0.15, -0.1) is 11.6 Å². The van der Waals surface area contributed by atoms with E-state index in [0.29, 0.717) is 17.3 Å². The van der Waals surface area contributed by atoms with Crippen LogP contribution < -0.4 is 10.6 Å². The topological polar surface area (TPSA) is 41.1 Å². The molecule has 0 bridgehead atoms. The van der Waals surface area contributed by atoms with Crippen molar-refractivity contribution in [2.75, 3.05) is 5.32 Å². The minimum atomic E-state index is -5.77. The molecule has 1 atom stereocenters. The first-order chi connectivity index (χ1) is 13.8. The van der Waals surface area contributed by atoms with Gasteiger partial charge in [0.2, 0.25) is 0 Å². The van der Waals surface area contributed by atoms with Crippen LogP contribution in [-0.4, -0.2) is 28.5 Å². The molecule has 1 unspecified atom stereocenters. The molecule has 0 radical (unpaired) electrons. The first-order valence-corrected chi connectivity index (χ1v) is 9.59. The number of nitrogens with one attached hydrogen (secondary N) is 2. The first kappa shape index (κ1) is 24.1. The second kappa shape index (κ2) is 8.88. The molecule has 2 N–H and O–H groups in total. The number of carbonyl (C=O) groups excluding carboxylic acids is 1. The number of carbonyl (C=O) groups is 1. The Kier molecular flexibility index (Phi) is 7.12. The van der Waals surface area contributed by atoms with Crippen LogP contribution in [0.1, 0.15) is 25.0 Å². The molecule has 0 heterocycles. The molecule has 0 fully saturated rings. The van der Waals surface area contributed by atoms with Crippen molar-refractivity contribution in [1.29, 1.82) is 0 Å². The summed E-state index contributed by atoms with van der Waals surface area (Å²) >= 11 is 11.1. The van der Waals surface area contributed by atoms with Crippen molar-refractivity contribution in [2.24, 2.45) is 0 Å². The molecule has 1 aliphatic rings. The van der Waals surface area contributed by atoms with Gasteiger partial charge < -0.3 is 10.6 Å². The summed E-state index contributed by atoms with van der Waals surface area (Å²) in [6, 6.07) is 2.84. The van der Waals surface area contributed by atoms with Crippen LogP contribution in [0.4, 0.5) is 27.6 Å². The van der Waals surface area contributed by atoms with E-state index in [9.17, 15) is 26.7 Å². The van der Waals surface area contributed by atoms with Crippen molar-refractivity contribution in [2.45, 2.75) is 44.3 Å². The highest BCUT2D eigenvalue weighted by Crippen LogP contribution is 2.46. The number of anilines is 1. The molecule has 0 saturated heterocycles. The van der Waals surface area contributed by atoms with Crippen molar-refractivity contribution in [1.82, 2.24) is 5.32 Å². The Hall–Kier alpha value is -2.22. The Morgan fingerprint density at radius 2 is 1.83 bits per heavy atom. The summed E-state index contributed by atoms with van der Waals surface area (Å²) < 4.78 is 66.0. The van der Waals surface area contributed by atoms with Crippen molar-refractivity contribution in [3.8, 4) is 0 Å². The molecule has 3 nitrogen and oxygen atoms in total. The summed E-state index contributed by atoms with van der Waals surface area (Å²) in [6.07, 6.45) is -2.85. The minimum Gasteiger partial charge on any atom is -0.384 e. The van der Waals surface area contributed by atoms with Crippen molar-refractivity contribution in [3.63, 3.8) is 0 Å². The summed E-state index contributed by atoms with van der Waals surface area (Å²) in [5.74, 6) is -5.79. The Morgan fingerprint density at radius 1 is 1.20 bits per heavy atom. The highest BCUT2D eigenvalue weighted by Gasteiger charge is 2.59. The third-order valence-electron chi connectivity index (χ3n) is 4.33. The molecule has 2 rings (SSSR count). The quantitative estimate of drug-likeness (QED) is 0.341. The van der Waals surface area contributed by atoms with Crippen molar-refractivity contribution < 1.29 is 26.7 Å². The molecule has 1 aliphatic carbocycles. The van der Waals surface area contributed by atoms with Crippen LogP contribution >= 0.6 is 23.8 Å². The van der Waals surface area contributed by atoms with Gasteiger partial charge in [0.15, 0.2) is 0 Å². The van der Waals surface area contributed by atoms with E-state index >= 15 is 0 Å². The van der Waals surface area contributed by atoms with Crippen LogP contribution in [0.5, 0.6) is 0 Å². The molecular formula is C20H18ClF5N2OS. The number of hydrogen-bond donors (Lipinski definition) is 2. The van der Waals surface area contributed by atoms with E-state index in [1.165, 1.54) is 18.2 Å². The molecule has 1 aromatic carbocycles. The smallest absolute Gasteiger partial charge is 0.384 e. The number of halogens is 6. The largest absolute Gasteiger partial charge is 0.458 e. The van der Waals surface area contributed by atoms with Gasteiger partial charge in [-0.1, -0.05) is 12.1 Å². The molecule has 0 aliphatic heterocycles. The number of hydrogen-bond acceptors (Lipinski definition) is 3. The van der Waals surface area contributed by atoms with Gasteiger partial charge in [0.1, 0.15) is 5.38 Å². The maximum absolute atomic E-state index is 13.8. The van der Waals surface area contributed by atoms with Crippen LogP contribution in [0.15, 0.2) is 47.2 Å². The maximum atomic E-state index is 13.8. The van der Waals surface area contributed by atoms with Gasteiger partial charge in [-0.2, -0.15) is 22.0 Å². The minimum absolute atomic E-state index is 0.0996. The highest BCUT2D eigenvalue weighted by atomic mass is 35.5. The molecule has 0 saturated carbocycles. The van der Waals surface area contributed by atoms with Gasteiger partial charge in [0.05, 0.1) is 5.57 Å². The SMILES string of the molecule is Cc1c(NC(=O)C2=C(NC(C)C)C(Cl)C(=C=S)C=C2)cccc1C(F)(F)C(F)(F)F. The number of benzene rings is 1. The fourth-order valence-electron chi connectivity index (χ4n) is 2.84. The van der Waals surface area contributed by atoms with E-state index in [-0.39, 0.29) is 17.3 Å². The zero-order valence-corrected chi connectivity index (χ0v) is 17.7. The van der Waals surface area contributed by atoms with Gasteiger partial charge in [-0.3, -0.25) is 4.79 Å². The number of rotatable bonds is 5. The molecule has 0 aromatic heterocycles. The number of amides is 1. The predicted octanol–water partition coefficient (Wildman–Crippen LogP) is 5.54. The fourth-order valence-corrected chi connectivity index (χ4v) is 3.40. The summed E-state index contributed by atoms with van der Waals surface area (Å²) in [6.45, 7) is 4.72. The third-order valence-corrected chi connectivity index (χ3v) is 5.02. The van der Waals surface area contributed by atoms with Crippen LogP contribution in [0.3, 0.4) is 0 Å². The lowest BCUT2D eigenvalue weighted by molar-refractivity contribution is -0.289. The summed E-state index contributed by atoms with van der Waals surface area (Å²) in [7, 11) is 0. The van der Waals surface area contributed by atoms with Gasteiger partial charge in [-0.05, 0) is 61.8 Å². The lowest BCUT2D eigenvalue weighted by atomic mass is 9.97. The van der Waals surface area contributed by atoms with Gasteiger partial charge >= 0.3 is 12.1 Å². The summed E-state index contributed by atoms with van der Waals surface area (Å²) in [5.41, 5.74) is -0.919. The first-order valence-electron chi connectivity index (χ1n) is 8.75. The van der Waals surface area contributed by atoms with Crippen molar-refractivity contribution in [3.05, 3.63) is 58.3 Å². The normalized spacial score (nSPS) is 17.3. The zero-order valence-electron chi connectivity index (χ0n) is 16.1. The number of thiocarbonyl (C=S) groups is 1. The Balaban J connectivity index is 2.46. The van der Waals surface area contributed by atoms with Crippen LogP contribution in [0.2, 0.25) is 0 Å². The highest BCUT2D eigenvalue weighted by molar-refractivity contribution is 7.78. The van der Waals surface area contributed by atoms with Crippen LogP contribution in [0.25, 0.3) is 0 Å². The standard InChI is InChI=1S/C20H18ClF5N2OS/c1-10(2)27-17-13(8-7-12(9-30)16(17)21)18(29)28-15-6-4-5-14(11(15)3)19(22,23)20(24,25)26/h4-8,10,16,27H,1-3H3,(H,28,29). The molecule has 10 heteroatoms. The van der Waals surface area contributed by atoms with E-state index in [2.05, 4.69) is 15.7 Å². The van der Waals surface area contributed by atoms with E-state index in [1.54, 1.807) is 0 Å². The van der Waals surface area contributed by atoms with Gasteiger partial charge in [0.25, 0.3) is 5.91 Å². The van der Waals surface area contributed by atoms with E-state index < -0.39 is 34.5 Å². The Morgan fingerprint density at radius 3 is 2.37 bits per heavy atom. The fraction of sp³-hybridized carbons (Fsp3) is 0.350. The van der Waals surface area contributed by atoms with Gasteiger partial charge in [-0.25, -0.2) is 0 Å². The molecule has 30 heavy (non-hydrogen) atoms. The average Bonchev–Trinajstić information content (AvgIpc) is 2.63. The Bertz CT molecular complexity index is 962. The van der Waals surface area contributed by atoms with E-state index in [1.807, 2.05) is 13.8 Å². The second-order valence-electron chi connectivity index (χ2n) is 6.88. The molecule has 1 aromatic rings. The number of allylic oxidation sites excluding steroid dienone is 2. The Labute approximate surface area is 180 Å². The van der Waals surface area contributed by atoms with E-state index in [0.717, 1.165) is 13.0 Å². The molecule has 0 spiro atoms. The maximum Gasteiger partial charge on any atom is 0.458 e. The predicted molar refractivity (Wildman–Crippen MR) is 110 cm³/mol. The van der Waals surface area contributed by atoms with Crippen LogP contribution in [0, 0.1) is 6.92 Å². The lowest BCUT2D eigenvalue weighted by Gasteiger charge is -2.25. The van der Waals surface area contributed by atoms with Gasteiger partial charge in [0, 0.05) is 28.6 Å². The molecular weight excluding hydrogens is 447 g/mol. The molecule has 162 valence electrons.